The van der Waals surface area contributed by atoms with Crippen molar-refractivity contribution in [2.45, 2.75) is 59.5 Å². The van der Waals surface area contributed by atoms with Crippen molar-refractivity contribution in [2.75, 3.05) is 6.61 Å². The fourth-order valence-corrected chi connectivity index (χ4v) is 2.22. The van der Waals surface area contributed by atoms with Crippen molar-refractivity contribution in [1.29, 1.82) is 0 Å². The largest absolute Gasteiger partial charge is 0.511 e. The molecule has 5 heteroatoms. The predicted octanol–water partition coefficient (Wildman–Crippen LogP) is 3.66. The normalized spacial score (nSPS) is 24.1. The molecule has 0 aromatic rings. The first kappa shape index (κ1) is 17.3. The average molecular weight is 295 g/mol. The maximum absolute atomic E-state index is 12.3. The highest BCUT2D eigenvalue weighted by molar-refractivity contribution is 6.20. The van der Waals surface area contributed by atoms with Gasteiger partial charge in [0.15, 0.2) is 0 Å². The zero-order chi connectivity index (χ0) is 16.0. The highest BCUT2D eigenvalue weighted by Crippen LogP contribution is 2.35. The van der Waals surface area contributed by atoms with E-state index in [0.717, 1.165) is 12.0 Å². The molecule has 0 spiro atoms. The van der Waals surface area contributed by atoms with Gasteiger partial charge in [-0.05, 0) is 39.7 Å². The Bertz CT molecular complexity index is 491. The molecule has 0 saturated heterocycles. The Labute approximate surface area is 126 Å². The standard InChI is InChI=1S/C16H25NO4/c1-6-9-12(17-20-8-3)14-13(18)10-16(5,11(4)7-2)21-15(14)19/h7,18H,6,8-10H2,1-5H3/b11-7-,17-12+. The molecule has 1 aliphatic heterocycles. The molecular weight excluding hydrogens is 270 g/mol. The van der Waals surface area contributed by atoms with Crippen LogP contribution in [0.3, 0.4) is 0 Å². The van der Waals surface area contributed by atoms with Gasteiger partial charge in [0.2, 0.25) is 0 Å². The number of cyclic esters (lactones) is 1. The van der Waals surface area contributed by atoms with Crippen molar-refractivity contribution in [3.05, 3.63) is 23.0 Å². The van der Waals surface area contributed by atoms with Crippen LogP contribution in [0, 0.1) is 0 Å². The van der Waals surface area contributed by atoms with Crippen LogP contribution in [0.4, 0.5) is 0 Å². The molecule has 0 radical (unpaired) electrons. The Hall–Kier alpha value is -1.78. The zero-order valence-corrected chi connectivity index (χ0v) is 13.5. The molecule has 1 unspecified atom stereocenters. The van der Waals surface area contributed by atoms with E-state index in [-0.39, 0.29) is 17.8 Å². The summed E-state index contributed by atoms with van der Waals surface area (Å²) in [5, 5.41) is 14.3. The summed E-state index contributed by atoms with van der Waals surface area (Å²) < 4.78 is 5.56. The second kappa shape index (κ2) is 7.29. The SMILES string of the molecule is C/C=C(/C)C1(C)CC(O)=C(/C(CCC)=N/OCC)C(=O)O1. The fraction of sp³-hybridized carbons (Fsp3) is 0.625. The molecule has 0 fully saturated rings. The van der Waals surface area contributed by atoms with E-state index in [9.17, 15) is 9.90 Å². The number of ether oxygens (including phenoxy) is 1. The molecule has 0 aromatic carbocycles. The lowest BCUT2D eigenvalue weighted by Crippen LogP contribution is -2.40. The third kappa shape index (κ3) is 3.86. The highest BCUT2D eigenvalue weighted by Gasteiger charge is 2.40. The summed E-state index contributed by atoms with van der Waals surface area (Å²) in [6, 6.07) is 0. The van der Waals surface area contributed by atoms with Gasteiger partial charge in [0.05, 0.1) is 5.71 Å². The van der Waals surface area contributed by atoms with Crippen LogP contribution < -0.4 is 0 Å². The van der Waals surface area contributed by atoms with E-state index >= 15 is 0 Å². The number of allylic oxidation sites excluding steroid dienone is 1. The second-order valence-corrected chi connectivity index (χ2v) is 5.30. The summed E-state index contributed by atoms with van der Waals surface area (Å²) in [6.07, 6.45) is 3.47. The molecule has 21 heavy (non-hydrogen) atoms. The van der Waals surface area contributed by atoms with Crippen molar-refractivity contribution in [3.8, 4) is 0 Å². The number of rotatable bonds is 6. The minimum Gasteiger partial charge on any atom is -0.511 e. The van der Waals surface area contributed by atoms with E-state index < -0.39 is 11.6 Å². The van der Waals surface area contributed by atoms with Crippen LogP contribution in [0.15, 0.2) is 28.1 Å². The van der Waals surface area contributed by atoms with E-state index in [1.807, 2.05) is 33.8 Å². The Kier molecular flexibility index (Phi) is 6.00. The maximum atomic E-state index is 12.3. The summed E-state index contributed by atoms with van der Waals surface area (Å²) in [5.41, 5.74) is 0.691. The lowest BCUT2D eigenvalue weighted by atomic mass is 9.87. The molecule has 1 N–H and O–H groups in total. The molecule has 1 heterocycles. The number of nitrogens with zero attached hydrogens (tertiary/aromatic N) is 1. The second-order valence-electron chi connectivity index (χ2n) is 5.30. The molecule has 118 valence electrons. The molecule has 1 atom stereocenters. The topological polar surface area (TPSA) is 68.1 Å². The third-order valence-electron chi connectivity index (χ3n) is 3.66. The lowest BCUT2D eigenvalue weighted by Gasteiger charge is -2.35. The number of carbonyl (C=O) groups is 1. The van der Waals surface area contributed by atoms with E-state index in [4.69, 9.17) is 9.57 Å². The molecule has 0 bridgehead atoms. The van der Waals surface area contributed by atoms with Crippen LogP contribution in [0.5, 0.6) is 0 Å². The van der Waals surface area contributed by atoms with Gasteiger partial charge in [0, 0.05) is 6.42 Å². The summed E-state index contributed by atoms with van der Waals surface area (Å²) >= 11 is 0. The van der Waals surface area contributed by atoms with Crippen LogP contribution in [0.2, 0.25) is 0 Å². The van der Waals surface area contributed by atoms with Crippen molar-refractivity contribution in [3.63, 3.8) is 0 Å². The van der Waals surface area contributed by atoms with Gasteiger partial charge in [-0.2, -0.15) is 0 Å². The van der Waals surface area contributed by atoms with Crippen LogP contribution in [0.1, 0.15) is 53.9 Å². The summed E-state index contributed by atoms with van der Waals surface area (Å²) in [6.45, 7) is 9.75. The number of hydrogen-bond acceptors (Lipinski definition) is 5. The van der Waals surface area contributed by atoms with Gasteiger partial charge in [-0.3, -0.25) is 0 Å². The van der Waals surface area contributed by atoms with E-state index in [1.165, 1.54) is 0 Å². The summed E-state index contributed by atoms with van der Waals surface area (Å²) in [7, 11) is 0. The lowest BCUT2D eigenvalue weighted by molar-refractivity contribution is -0.152. The number of esters is 1. The summed E-state index contributed by atoms with van der Waals surface area (Å²) in [4.78, 5) is 17.4. The number of hydrogen-bond donors (Lipinski definition) is 1. The van der Waals surface area contributed by atoms with E-state index in [2.05, 4.69) is 5.16 Å². The van der Waals surface area contributed by atoms with Gasteiger partial charge in [-0.1, -0.05) is 24.6 Å². The number of aliphatic hydroxyl groups excluding tert-OH is 1. The van der Waals surface area contributed by atoms with Crippen molar-refractivity contribution >= 4 is 11.7 Å². The fourth-order valence-electron chi connectivity index (χ4n) is 2.22. The minimum atomic E-state index is -0.803. The van der Waals surface area contributed by atoms with Gasteiger partial charge in [0.25, 0.3) is 0 Å². The first-order valence-electron chi connectivity index (χ1n) is 7.37. The number of aliphatic hydroxyl groups is 1. The van der Waals surface area contributed by atoms with Crippen LogP contribution >= 0.6 is 0 Å². The van der Waals surface area contributed by atoms with Crippen molar-refractivity contribution in [1.82, 2.24) is 0 Å². The number of oxime groups is 1. The molecule has 0 saturated carbocycles. The Morgan fingerprint density at radius 1 is 1.52 bits per heavy atom. The zero-order valence-electron chi connectivity index (χ0n) is 13.5. The Morgan fingerprint density at radius 3 is 2.67 bits per heavy atom. The monoisotopic (exact) mass is 295 g/mol. The maximum Gasteiger partial charge on any atom is 0.344 e. The smallest absolute Gasteiger partial charge is 0.344 e. The first-order chi connectivity index (χ1) is 9.89. The molecular formula is C16H25NO4. The third-order valence-corrected chi connectivity index (χ3v) is 3.66. The van der Waals surface area contributed by atoms with Crippen LogP contribution in [-0.2, 0) is 14.4 Å². The van der Waals surface area contributed by atoms with Crippen molar-refractivity contribution in [2.24, 2.45) is 5.16 Å². The molecule has 1 rings (SSSR count). The van der Waals surface area contributed by atoms with Crippen molar-refractivity contribution < 1.29 is 19.5 Å². The van der Waals surface area contributed by atoms with E-state index in [1.54, 1.807) is 6.92 Å². The van der Waals surface area contributed by atoms with Crippen LogP contribution in [0.25, 0.3) is 0 Å². The summed E-state index contributed by atoms with van der Waals surface area (Å²) in [5.74, 6) is -0.531. The quantitative estimate of drug-likeness (QED) is 0.351. The van der Waals surface area contributed by atoms with Crippen LogP contribution in [-0.4, -0.2) is 29.0 Å². The first-order valence-corrected chi connectivity index (χ1v) is 7.37. The molecule has 1 aliphatic rings. The minimum absolute atomic E-state index is 0.0156. The van der Waals surface area contributed by atoms with Gasteiger partial charge < -0.3 is 14.7 Å². The predicted molar refractivity (Wildman–Crippen MR) is 82.2 cm³/mol. The average Bonchev–Trinajstić information content (AvgIpc) is 2.42. The molecule has 0 aliphatic carbocycles. The van der Waals surface area contributed by atoms with E-state index in [0.29, 0.717) is 18.7 Å². The molecule has 0 aromatic heterocycles. The Balaban J connectivity index is 3.18. The Morgan fingerprint density at radius 2 is 2.19 bits per heavy atom. The van der Waals surface area contributed by atoms with Gasteiger partial charge >= 0.3 is 5.97 Å². The molecule has 0 amide bonds. The highest BCUT2D eigenvalue weighted by atomic mass is 16.6. The van der Waals surface area contributed by atoms with Gasteiger partial charge in [0.1, 0.15) is 23.5 Å². The van der Waals surface area contributed by atoms with Gasteiger partial charge in [-0.15, -0.1) is 0 Å². The molecule has 5 nitrogen and oxygen atoms in total. The van der Waals surface area contributed by atoms with Gasteiger partial charge in [-0.25, -0.2) is 4.79 Å². The number of carbonyl (C=O) groups excluding carboxylic acids is 1.